The second kappa shape index (κ2) is 34.7. The van der Waals surface area contributed by atoms with E-state index < -0.39 is 0 Å². The van der Waals surface area contributed by atoms with Gasteiger partial charge in [-0.3, -0.25) is 4.79 Å². The van der Waals surface area contributed by atoms with E-state index >= 15 is 0 Å². The molecule has 1 aliphatic carbocycles. The van der Waals surface area contributed by atoms with Crippen molar-refractivity contribution in [3.63, 3.8) is 0 Å². The molecule has 3 aromatic rings. The lowest BCUT2D eigenvalue weighted by atomic mass is 9.88. The van der Waals surface area contributed by atoms with Gasteiger partial charge >= 0.3 is 0 Å². The third kappa shape index (κ3) is 20.5. The number of unbranched alkanes of at least 4 members (excludes halogenated alkanes) is 29. The predicted octanol–water partition coefficient (Wildman–Crippen LogP) is 19.5. The number of rotatable bonds is 39. The molecule has 4 rings (SSSR count). The molecule has 0 saturated carbocycles. The van der Waals surface area contributed by atoms with Crippen LogP contribution in [0.4, 0.5) is 0 Å². The van der Waals surface area contributed by atoms with Crippen LogP contribution in [0.15, 0.2) is 46.9 Å². The van der Waals surface area contributed by atoms with Gasteiger partial charge in [-0.15, -0.1) is 0 Å². The predicted molar refractivity (Wildman–Crippen MR) is 284 cm³/mol. The average molecular weight is 941 g/mol. The second-order valence-electron chi connectivity index (χ2n) is 19.6. The number of fused-ring (bicyclic) bond motifs is 2. The summed E-state index contributed by atoms with van der Waals surface area (Å²) in [6, 6.07) is 13.0. The monoisotopic (exact) mass is 940 g/mol. The standard InChI is InChI=1S/C60H94BrNO2/c1-4-7-10-13-16-19-22-24-27-30-33-40-50-47-51(60(63)62-49-57-53-42-35-37-44-55(53)59(61)56-45-38-36-43-54(56)57)48-58(64-46-39-32-29-26-21-18-15-12-9-6-3)52(50)41-34-31-28-25-23-20-17-14-11-8-5-2/h35-37,42-44,47-48H,4-34,38-41,45-46,49H2,1-3H3,(H,62,63). The first kappa shape index (κ1) is 54.0. The lowest BCUT2D eigenvalue weighted by Gasteiger charge is -2.21. The van der Waals surface area contributed by atoms with Crippen molar-refractivity contribution in [3.8, 4) is 5.75 Å². The summed E-state index contributed by atoms with van der Waals surface area (Å²) in [4.78, 5) is 14.4. The van der Waals surface area contributed by atoms with Gasteiger partial charge in [0.25, 0.3) is 5.91 Å². The van der Waals surface area contributed by atoms with Gasteiger partial charge in [0.05, 0.1) is 6.61 Å². The summed E-state index contributed by atoms with van der Waals surface area (Å²) >= 11 is 3.95. The van der Waals surface area contributed by atoms with Gasteiger partial charge in [-0.05, 0) is 112 Å². The molecule has 0 bridgehead atoms. The fourth-order valence-corrected chi connectivity index (χ4v) is 10.8. The van der Waals surface area contributed by atoms with Crippen molar-refractivity contribution in [2.24, 2.45) is 0 Å². The number of hydrogen-bond acceptors (Lipinski definition) is 2. The maximum Gasteiger partial charge on any atom is 0.251 e. The molecule has 64 heavy (non-hydrogen) atoms. The van der Waals surface area contributed by atoms with Crippen molar-refractivity contribution in [2.75, 3.05) is 6.61 Å². The van der Waals surface area contributed by atoms with Gasteiger partial charge in [0, 0.05) is 16.6 Å². The highest BCUT2D eigenvalue weighted by Gasteiger charge is 2.21. The lowest BCUT2D eigenvalue weighted by molar-refractivity contribution is 0.0950. The molecule has 0 radical (unpaired) electrons. The van der Waals surface area contributed by atoms with Crippen molar-refractivity contribution in [1.82, 2.24) is 5.32 Å². The number of amides is 1. The third-order valence-electron chi connectivity index (χ3n) is 14.1. The van der Waals surface area contributed by atoms with Crippen LogP contribution in [-0.2, 0) is 25.8 Å². The molecule has 4 heteroatoms. The molecular weight excluding hydrogens is 847 g/mol. The molecule has 0 aliphatic heterocycles. The zero-order valence-electron chi connectivity index (χ0n) is 41.7. The van der Waals surface area contributed by atoms with Crippen LogP contribution in [0.3, 0.4) is 0 Å². The molecule has 1 amide bonds. The van der Waals surface area contributed by atoms with Crippen LogP contribution in [-0.4, -0.2) is 12.5 Å². The Morgan fingerprint density at radius 2 is 1.03 bits per heavy atom. The summed E-state index contributed by atoms with van der Waals surface area (Å²) in [7, 11) is 0. The number of nitrogens with one attached hydrogen (secondary N) is 1. The van der Waals surface area contributed by atoms with E-state index in [2.05, 4.69) is 90.6 Å². The van der Waals surface area contributed by atoms with Gasteiger partial charge in [-0.25, -0.2) is 0 Å². The van der Waals surface area contributed by atoms with Crippen molar-refractivity contribution in [3.05, 3.63) is 80.3 Å². The minimum Gasteiger partial charge on any atom is -0.493 e. The summed E-state index contributed by atoms with van der Waals surface area (Å²) in [6.07, 6.45) is 51.4. The first-order chi connectivity index (χ1) is 31.6. The summed E-state index contributed by atoms with van der Waals surface area (Å²) in [5.74, 6) is 0.980. The van der Waals surface area contributed by atoms with Gasteiger partial charge in [-0.1, -0.05) is 243 Å². The van der Waals surface area contributed by atoms with Gasteiger partial charge in [0.15, 0.2) is 0 Å². The van der Waals surface area contributed by atoms with E-state index in [1.165, 1.54) is 242 Å². The molecule has 0 atom stereocenters. The first-order valence-corrected chi connectivity index (χ1v) is 28.3. The molecule has 0 saturated heterocycles. The number of allylic oxidation sites excluding steroid dienone is 1. The zero-order chi connectivity index (χ0) is 45.3. The Morgan fingerprint density at radius 1 is 0.562 bits per heavy atom. The Hall–Kier alpha value is -2.59. The zero-order valence-corrected chi connectivity index (χ0v) is 43.3. The van der Waals surface area contributed by atoms with Crippen molar-refractivity contribution < 1.29 is 9.53 Å². The molecule has 0 spiro atoms. The number of carbonyl (C=O) groups is 1. The molecule has 3 nitrogen and oxygen atoms in total. The Labute approximate surface area is 402 Å². The minimum absolute atomic E-state index is 0.00533. The summed E-state index contributed by atoms with van der Waals surface area (Å²) < 4.78 is 8.01. The smallest absolute Gasteiger partial charge is 0.251 e. The maximum atomic E-state index is 14.4. The highest BCUT2D eigenvalue weighted by molar-refractivity contribution is 9.10. The number of carbonyl (C=O) groups excluding carboxylic acids is 1. The molecule has 3 aromatic carbocycles. The summed E-state index contributed by atoms with van der Waals surface area (Å²) in [5.41, 5.74) is 7.31. The van der Waals surface area contributed by atoms with Crippen LogP contribution in [0.2, 0.25) is 0 Å². The third-order valence-corrected chi connectivity index (χ3v) is 15.0. The van der Waals surface area contributed by atoms with E-state index in [9.17, 15) is 4.79 Å². The molecule has 1 aliphatic rings. The minimum atomic E-state index is 0.00533. The number of aryl methyl sites for hydroxylation is 1. The molecule has 0 aromatic heterocycles. The number of hydrogen-bond donors (Lipinski definition) is 1. The van der Waals surface area contributed by atoms with E-state index in [-0.39, 0.29) is 5.91 Å². The van der Waals surface area contributed by atoms with Gasteiger partial charge in [-0.2, -0.15) is 0 Å². The van der Waals surface area contributed by atoms with Crippen LogP contribution in [0.25, 0.3) is 16.8 Å². The normalized spacial score (nSPS) is 12.3. The maximum absolute atomic E-state index is 14.4. The van der Waals surface area contributed by atoms with Crippen LogP contribution in [0.1, 0.15) is 271 Å². The molecule has 0 unspecified atom stereocenters. The number of benzene rings is 3. The van der Waals surface area contributed by atoms with E-state index in [0.29, 0.717) is 6.54 Å². The summed E-state index contributed by atoms with van der Waals surface area (Å²) in [6.45, 7) is 8.13. The van der Waals surface area contributed by atoms with Gasteiger partial charge < -0.3 is 10.1 Å². The average Bonchev–Trinajstić information content (AvgIpc) is 3.32. The Balaban J connectivity index is 1.46. The van der Waals surface area contributed by atoms with Crippen molar-refractivity contribution >= 4 is 38.7 Å². The highest BCUT2D eigenvalue weighted by Crippen LogP contribution is 2.38. The second-order valence-corrected chi connectivity index (χ2v) is 20.4. The molecule has 0 fully saturated rings. The van der Waals surface area contributed by atoms with Gasteiger partial charge in [0.1, 0.15) is 5.75 Å². The Bertz CT molecular complexity index is 1680. The first-order valence-electron chi connectivity index (χ1n) is 27.5. The fraction of sp³-hybridized carbons (Fsp3) is 0.683. The summed E-state index contributed by atoms with van der Waals surface area (Å²) in [5, 5.41) is 5.86. The SMILES string of the molecule is CCCCCCCCCCCCCc1cc(C(=O)NCc2c3c(c(Br)c4ccccc24)CCC=C3)cc(OCCCCCCCCCCCC)c1CCCCCCCCCCCCC. The molecule has 0 heterocycles. The quantitative estimate of drug-likeness (QED) is 0.0579. The Kier molecular flexibility index (Phi) is 29.3. The van der Waals surface area contributed by atoms with E-state index in [4.69, 9.17) is 4.74 Å². The largest absolute Gasteiger partial charge is 0.493 e. The Morgan fingerprint density at radius 3 is 1.56 bits per heavy atom. The van der Waals surface area contributed by atoms with Gasteiger partial charge in [0.2, 0.25) is 0 Å². The van der Waals surface area contributed by atoms with Crippen LogP contribution < -0.4 is 10.1 Å². The van der Waals surface area contributed by atoms with E-state index in [1.807, 2.05) is 0 Å². The molecular formula is C60H94BrNO2. The topological polar surface area (TPSA) is 38.3 Å². The lowest BCUT2D eigenvalue weighted by Crippen LogP contribution is -2.24. The van der Waals surface area contributed by atoms with Crippen LogP contribution in [0.5, 0.6) is 5.75 Å². The van der Waals surface area contributed by atoms with Crippen molar-refractivity contribution in [2.45, 2.75) is 258 Å². The van der Waals surface area contributed by atoms with Crippen LogP contribution in [0, 0.1) is 0 Å². The van der Waals surface area contributed by atoms with Crippen molar-refractivity contribution in [1.29, 1.82) is 0 Å². The molecule has 1 N–H and O–H groups in total. The van der Waals surface area contributed by atoms with E-state index in [0.717, 1.165) is 50.0 Å². The van der Waals surface area contributed by atoms with E-state index in [1.54, 1.807) is 0 Å². The molecule has 358 valence electrons. The fourth-order valence-electron chi connectivity index (χ4n) is 10.1. The van der Waals surface area contributed by atoms with Crippen LogP contribution >= 0.6 is 15.9 Å². The number of ether oxygens (including phenoxy) is 1. The highest BCUT2D eigenvalue weighted by atomic mass is 79.9. The number of halogens is 1.